The number of aromatic amines is 1. The zero-order chi connectivity index (χ0) is 17.8. The first-order valence-electron chi connectivity index (χ1n) is 8.58. The number of likely N-dealkylation sites (tertiary alicyclic amines) is 1. The normalized spacial score (nSPS) is 24.3. The molecule has 1 aromatic carbocycles. The van der Waals surface area contributed by atoms with E-state index in [-0.39, 0.29) is 34.9 Å². The van der Waals surface area contributed by atoms with Gasteiger partial charge in [-0.25, -0.2) is 9.78 Å². The molecule has 2 fully saturated rings. The molecule has 26 heavy (non-hydrogen) atoms. The molecule has 0 spiro atoms. The third-order valence-corrected chi connectivity index (χ3v) is 5.26. The summed E-state index contributed by atoms with van der Waals surface area (Å²) in [5.41, 5.74) is 0.853. The lowest BCUT2D eigenvalue weighted by Crippen LogP contribution is -2.53. The number of carboxylic acids is 1. The Bertz CT molecular complexity index is 855. The fraction of sp³-hybridized carbons (Fsp3) is 0.438. The van der Waals surface area contributed by atoms with Crippen LogP contribution in [0.15, 0.2) is 18.5 Å². The van der Waals surface area contributed by atoms with Crippen LogP contribution in [0, 0.1) is 0 Å². The van der Waals surface area contributed by atoms with Crippen molar-refractivity contribution in [1.29, 1.82) is 0 Å². The summed E-state index contributed by atoms with van der Waals surface area (Å²) in [5.74, 6) is 0.464. The zero-order valence-corrected chi connectivity index (χ0v) is 13.8. The zero-order valence-electron chi connectivity index (χ0n) is 13.8. The van der Waals surface area contributed by atoms with Crippen molar-refractivity contribution in [2.75, 3.05) is 13.1 Å². The van der Waals surface area contributed by atoms with E-state index in [1.165, 1.54) is 6.33 Å². The summed E-state index contributed by atoms with van der Waals surface area (Å²) < 4.78 is 11.4. The molecular formula is C16H17BN4O5. The van der Waals surface area contributed by atoms with Crippen LogP contribution in [0.2, 0.25) is 5.82 Å². The summed E-state index contributed by atoms with van der Waals surface area (Å²) in [6, 6.07) is 3.57. The molecule has 3 heterocycles. The Morgan fingerprint density at radius 1 is 1.46 bits per heavy atom. The van der Waals surface area contributed by atoms with Crippen molar-refractivity contribution in [3.05, 3.63) is 35.4 Å². The Hall–Kier alpha value is -2.59. The molecule has 3 N–H and O–H groups in total. The van der Waals surface area contributed by atoms with Gasteiger partial charge in [-0.1, -0.05) is 6.07 Å². The van der Waals surface area contributed by atoms with Gasteiger partial charge in [0.2, 0.25) is 0 Å². The maximum absolute atomic E-state index is 11.8. The first-order chi connectivity index (χ1) is 12.6. The van der Waals surface area contributed by atoms with Gasteiger partial charge in [0.15, 0.2) is 0 Å². The van der Waals surface area contributed by atoms with Gasteiger partial charge in [0.25, 0.3) is 0 Å². The highest BCUT2D eigenvalue weighted by Crippen LogP contribution is 2.60. The quantitative estimate of drug-likeness (QED) is 0.662. The number of nitrogens with one attached hydrogen (secondary N) is 1. The highest BCUT2D eigenvalue weighted by Gasteiger charge is 2.54. The fourth-order valence-corrected chi connectivity index (χ4v) is 3.82. The van der Waals surface area contributed by atoms with Crippen LogP contribution in [0.3, 0.4) is 0 Å². The largest absolute Gasteiger partial charge is 0.535 e. The van der Waals surface area contributed by atoms with E-state index in [0.29, 0.717) is 19.6 Å². The molecule has 5 rings (SSSR count). The molecule has 2 atom stereocenters. The smallest absolute Gasteiger partial charge is 0.526 e. The second-order valence-electron chi connectivity index (χ2n) is 7.04. The molecule has 2 aromatic rings. The molecule has 0 radical (unpaired) electrons. The van der Waals surface area contributed by atoms with E-state index in [2.05, 4.69) is 20.1 Å². The van der Waals surface area contributed by atoms with Gasteiger partial charge in [-0.3, -0.25) is 10.00 Å². The minimum absolute atomic E-state index is 0.000541. The number of benzene rings is 1. The molecule has 1 aliphatic carbocycles. The Balaban J connectivity index is 1.32. The number of hydrogen-bond donors (Lipinski definition) is 3. The summed E-state index contributed by atoms with van der Waals surface area (Å²) in [4.78, 5) is 18.0. The van der Waals surface area contributed by atoms with E-state index in [9.17, 15) is 14.9 Å². The molecule has 1 saturated carbocycles. The van der Waals surface area contributed by atoms with E-state index in [1.54, 1.807) is 6.07 Å². The summed E-state index contributed by atoms with van der Waals surface area (Å²) in [6.45, 7) is 1.99. The topological polar surface area (TPSA) is 121 Å². The maximum atomic E-state index is 11.8. The number of H-pyrrole nitrogens is 1. The summed E-state index contributed by atoms with van der Waals surface area (Å²) >= 11 is 0. The first-order valence-corrected chi connectivity index (χ1v) is 8.58. The van der Waals surface area contributed by atoms with Crippen molar-refractivity contribution in [2.45, 2.75) is 30.8 Å². The molecule has 1 aromatic heterocycles. The van der Waals surface area contributed by atoms with E-state index in [4.69, 9.17) is 9.39 Å². The standard InChI is InChI=1S/C16H17BN4O5/c22-16(23)14-12(2-1-9-10-3-11(10)17(24)26-15(9)14)25-8-4-21(5-8)6-13-18-7-19-20-13/h1-2,7-8,10-11,24H,3-6H2,(H,22,23)(H,18,19,20)/t10-,11-/m0/s1. The number of aromatic carboxylic acids is 1. The van der Waals surface area contributed by atoms with Crippen molar-refractivity contribution in [3.63, 3.8) is 0 Å². The number of fused-ring (bicyclic) bond motifs is 3. The third-order valence-electron chi connectivity index (χ3n) is 5.26. The Labute approximate surface area is 149 Å². The molecule has 9 nitrogen and oxygen atoms in total. The monoisotopic (exact) mass is 356 g/mol. The van der Waals surface area contributed by atoms with Gasteiger partial charge in [-0.2, -0.15) is 5.10 Å². The number of nitrogens with zero attached hydrogens (tertiary/aromatic N) is 3. The number of ether oxygens (including phenoxy) is 1. The average Bonchev–Trinajstić information content (AvgIpc) is 3.22. The molecular weight excluding hydrogens is 339 g/mol. The van der Waals surface area contributed by atoms with Gasteiger partial charge < -0.3 is 19.5 Å². The van der Waals surface area contributed by atoms with Gasteiger partial charge in [0.05, 0.1) is 6.54 Å². The number of hydrogen-bond acceptors (Lipinski definition) is 7. The van der Waals surface area contributed by atoms with Crippen LogP contribution in [0.5, 0.6) is 11.5 Å². The lowest BCUT2D eigenvalue weighted by molar-refractivity contribution is 0.0120. The highest BCUT2D eigenvalue weighted by atomic mass is 16.5. The summed E-state index contributed by atoms with van der Waals surface area (Å²) in [5, 5.41) is 26.3. The van der Waals surface area contributed by atoms with Crippen LogP contribution >= 0.6 is 0 Å². The van der Waals surface area contributed by atoms with Gasteiger partial charge in [-0.15, -0.1) is 0 Å². The lowest BCUT2D eigenvalue weighted by Gasteiger charge is -2.38. The Morgan fingerprint density at radius 3 is 3.04 bits per heavy atom. The Morgan fingerprint density at radius 2 is 2.31 bits per heavy atom. The predicted molar refractivity (Wildman–Crippen MR) is 89.2 cm³/mol. The number of rotatable bonds is 5. The van der Waals surface area contributed by atoms with Gasteiger partial charge >= 0.3 is 13.1 Å². The van der Waals surface area contributed by atoms with Gasteiger partial charge in [-0.05, 0) is 24.0 Å². The Kier molecular flexibility index (Phi) is 3.44. The van der Waals surface area contributed by atoms with Crippen LogP contribution in [0.1, 0.15) is 34.1 Å². The highest BCUT2D eigenvalue weighted by molar-refractivity contribution is 6.48. The predicted octanol–water partition coefficient (Wildman–Crippen LogP) is 0.496. The van der Waals surface area contributed by atoms with E-state index in [0.717, 1.165) is 17.8 Å². The number of carboxylic acid groups (broad SMARTS) is 1. The van der Waals surface area contributed by atoms with Crippen LogP contribution in [0.25, 0.3) is 0 Å². The maximum Gasteiger partial charge on any atom is 0.526 e. The minimum Gasteiger partial charge on any atom is -0.535 e. The van der Waals surface area contributed by atoms with E-state index in [1.807, 2.05) is 6.07 Å². The van der Waals surface area contributed by atoms with Crippen LogP contribution < -0.4 is 9.39 Å². The molecule has 1 saturated heterocycles. The molecule has 134 valence electrons. The van der Waals surface area contributed by atoms with Gasteiger partial charge in [0.1, 0.15) is 35.3 Å². The molecule has 10 heteroatoms. The van der Waals surface area contributed by atoms with Gasteiger partial charge in [0, 0.05) is 18.9 Å². The molecule has 3 aliphatic rings. The number of aromatic nitrogens is 3. The van der Waals surface area contributed by atoms with Crippen LogP contribution in [0.4, 0.5) is 0 Å². The molecule has 0 bridgehead atoms. The van der Waals surface area contributed by atoms with Crippen molar-refractivity contribution < 1.29 is 24.3 Å². The molecule has 0 amide bonds. The van der Waals surface area contributed by atoms with Crippen molar-refractivity contribution in [1.82, 2.24) is 20.1 Å². The minimum atomic E-state index is -1.11. The van der Waals surface area contributed by atoms with Crippen LogP contribution in [-0.4, -0.2) is 62.5 Å². The van der Waals surface area contributed by atoms with Crippen molar-refractivity contribution in [2.24, 2.45) is 0 Å². The summed E-state index contributed by atoms with van der Waals surface area (Å²) in [6.07, 6.45) is 2.19. The lowest BCUT2D eigenvalue weighted by atomic mass is 9.77. The van der Waals surface area contributed by atoms with Crippen molar-refractivity contribution >= 4 is 13.1 Å². The molecule has 0 unspecified atom stereocenters. The first kappa shape index (κ1) is 15.7. The average molecular weight is 356 g/mol. The second-order valence-corrected chi connectivity index (χ2v) is 7.04. The molecule has 2 aliphatic heterocycles. The number of carbonyl (C=O) groups is 1. The van der Waals surface area contributed by atoms with Crippen LogP contribution in [-0.2, 0) is 6.54 Å². The van der Waals surface area contributed by atoms with E-state index < -0.39 is 13.1 Å². The second kappa shape index (κ2) is 5.71. The van der Waals surface area contributed by atoms with E-state index >= 15 is 0 Å². The summed E-state index contributed by atoms with van der Waals surface area (Å²) in [7, 11) is -0.943. The van der Waals surface area contributed by atoms with Crippen molar-refractivity contribution in [3.8, 4) is 11.5 Å². The third kappa shape index (κ3) is 2.53. The SMILES string of the molecule is O=C(O)c1c(OC2CN(Cc3ncn[nH]3)C2)ccc2c1OB(O)[C@H]1C[C@@H]21. The fourth-order valence-electron chi connectivity index (χ4n) is 3.82.